The lowest BCUT2D eigenvalue weighted by Crippen LogP contribution is -2.27. The van der Waals surface area contributed by atoms with Crippen molar-refractivity contribution in [2.45, 2.75) is 17.8 Å². The summed E-state index contributed by atoms with van der Waals surface area (Å²) < 4.78 is 24.0. The molecule has 0 saturated heterocycles. The number of aliphatic hydroxyl groups is 1. The van der Waals surface area contributed by atoms with Crippen LogP contribution in [0, 0.1) is 0 Å². The van der Waals surface area contributed by atoms with E-state index in [4.69, 9.17) is 0 Å². The third-order valence-corrected chi connectivity index (χ3v) is 4.74. The van der Waals surface area contributed by atoms with E-state index in [1.807, 2.05) is 36.4 Å². The highest BCUT2D eigenvalue weighted by atomic mass is 32.2. The van der Waals surface area contributed by atoms with E-state index in [-0.39, 0.29) is 0 Å². The molecule has 20 heavy (non-hydrogen) atoms. The van der Waals surface area contributed by atoms with Crippen LogP contribution in [0.2, 0.25) is 0 Å². The Kier molecular flexibility index (Phi) is 4.57. The van der Waals surface area contributed by atoms with Crippen molar-refractivity contribution in [3.63, 3.8) is 0 Å². The van der Waals surface area contributed by atoms with Gasteiger partial charge in [0.05, 0.1) is 6.10 Å². The van der Waals surface area contributed by atoms with Gasteiger partial charge in [-0.3, -0.25) is 0 Å². The molecule has 2 atom stereocenters. The normalized spacial score (nSPS) is 14.7. The fourth-order valence-electron chi connectivity index (χ4n) is 2.36. The van der Waals surface area contributed by atoms with Gasteiger partial charge in [-0.15, -0.1) is 0 Å². The second kappa shape index (κ2) is 6.20. The van der Waals surface area contributed by atoms with Crippen molar-refractivity contribution in [2.24, 2.45) is 0 Å². The predicted molar refractivity (Wildman–Crippen MR) is 80.2 cm³/mol. The molecule has 0 bridgehead atoms. The van der Waals surface area contributed by atoms with Crippen LogP contribution >= 0.6 is 0 Å². The van der Waals surface area contributed by atoms with E-state index in [1.165, 1.54) is 6.26 Å². The molecule has 2 aromatic rings. The Morgan fingerprint density at radius 2 is 1.45 bits per heavy atom. The van der Waals surface area contributed by atoms with Gasteiger partial charge in [-0.2, -0.15) is 0 Å². The lowest BCUT2D eigenvalue weighted by molar-refractivity contribution is 0.169. The second-order valence-electron chi connectivity index (χ2n) is 4.92. The van der Waals surface area contributed by atoms with E-state index in [0.717, 1.165) is 5.56 Å². The van der Waals surface area contributed by atoms with Gasteiger partial charge in [0.2, 0.25) is 0 Å². The fraction of sp³-hybridized carbons (Fsp3) is 0.250. The van der Waals surface area contributed by atoms with E-state index >= 15 is 0 Å². The molecule has 0 amide bonds. The molecular weight excluding hydrogens is 272 g/mol. The molecule has 2 rings (SSSR count). The fourth-order valence-corrected chi connectivity index (χ4v) is 3.68. The van der Waals surface area contributed by atoms with Crippen molar-refractivity contribution < 1.29 is 13.5 Å². The van der Waals surface area contributed by atoms with Crippen molar-refractivity contribution in [2.75, 3.05) is 6.26 Å². The predicted octanol–water partition coefficient (Wildman–Crippen LogP) is 2.38. The summed E-state index contributed by atoms with van der Waals surface area (Å²) in [4.78, 5) is 0. The van der Waals surface area contributed by atoms with Gasteiger partial charge in [0.1, 0.15) is 5.25 Å². The Balaban J connectivity index is 2.29. The largest absolute Gasteiger partial charge is 0.391 e. The highest BCUT2D eigenvalue weighted by molar-refractivity contribution is 7.91. The number of hydrogen-bond donors (Lipinski definition) is 1. The number of sulfone groups is 1. The SMILES string of the molecule is CS(=O)(=O)C(c1ccccc1)C(O)Cc1ccccc1. The van der Waals surface area contributed by atoms with Crippen molar-refractivity contribution in [1.82, 2.24) is 0 Å². The molecule has 2 unspecified atom stereocenters. The number of rotatable bonds is 5. The molecule has 0 radical (unpaired) electrons. The third kappa shape index (κ3) is 3.68. The third-order valence-electron chi connectivity index (χ3n) is 3.23. The molecule has 3 nitrogen and oxygen atoms in total. The van der Waals surface area contributed by atoms with Crippen LogP contribution in [-0.2, 0) is 16.3 Å². The smallest absolute Gasteiger partial charge is 0.157 e. The zero-order valence-electron chi connectivity index (χ0n) is 11.3. The minimum Gasteiger partial charge on any atom is -0.391 e. The highest BCUT2D eigenvalue weighted by Gasteiger charge is 2.30. The summed E-state index contributed by atoms with van der Waals surface area (Å²) >= 11 is 0. The van der Waals surface area contributed by atoms with E-state index in [0.29, 0.717) is 12.0 Å². The minimum absolute atomic E-state index is 0.313. The van der Waals surface area contributed by atoms with Crippen molar-refractivity contribution in [3.8, 4) is 0 Å². The molecule has 0 spiro atoms. The number of benzene rings is 2. The summed E-state index contributed by atoms with van der Waals surface area (Å²) in [5.41, 5.74) is 1.54. The van der Waals surface area contributed by atoms with Crippen LogP contribution in [0.1, 0.15) is 16.4 Å². The van der Waals surface area contributed by atoms with Gasteiger partial charge in [0.15, 0.2) is 9.84 Å². The lowest BCUT2D eigenvalue weighted by Gasteiger charge is -2.22. The zero-order chi connectivity index (χ0) is 14.6. The van der Waals surface area contributed by atoms with Crippen LogP contribution < -0.4 is 0 Å². The standard InChI is InChI=1S/C16H18O3S/c1-20(18,19)16(14-10-6-3-7-11-14)15(17)12-13-8-4-2-5-9-13/h2-11,15-17H,12H2,1H3. The van der Waals surface area contributed by atoms with Gasteiger partial charge in [-0.25, -0.2) is 8.42 Å². The average Bonchev–Trinajstić information content (AvgIpc) is 2.39. The highest BCUT2D eigenvalue weighted by Crippen LogP contribution is 2.27. The van der Waals surface area contributed by atoms with Crippen LogP contribution in [0.5, 0.6) is 0 Å². The van der Waals surface area contributed by atoms with E-state index in [9.17, 15) is 13.5 Å². The van der Waals surface area contributed by atoms with Crippen molar-refractivity contribution >= 4 is 9.84 Å². The summed E-state index contributed by atoms with van der Waals surface area (Å²) in [6.45, 7) is 0. The van der Waals surface area contributed by atoms with Gasteiger partial charge in [-0.05, 0) is 17.5 Å². The van der Waals surface area contributed by atoms with Crippen LogP contribution in [0.25, 0.3) is 0 Å². The Hall–Kier alpha value is -1.65. The first-order valence-corrected chi connectivity index (χ1v) is 8.40. The van der Waals surface area contributed by atoms with Crippen molar-refractivity contribution in [1.29, 1.82) is 0 Å². The molecule has 0 fully saturated rings. The van der Waals surface area contributed by atoms with Crippen molar-refractivity contribution in [3.05, 3.63) is 71.8 Å². The minimum atomic E-state index is -3.39. The van der Waals surface area contributed by atoms with Gasteiger partial charge in [0.25, 0.3) is 0 Å². The molecular formula is C16H18O3S. The summed E-state index contributed by atoms with van der Waals surface area (Å²) in [6.07, 6.45) is 0.515. The molecule has 0 aromatic heterocycles. The van der Waals surface area contributed by atoms with Crippen LogP contribution in [-0.4, -0.2) is 25.9 Å². The maximum Gasteiger partial charge on any atom is 0.157 e. The number of hydrogen-bond acceptors (Lipinski definition) is 3. The molecule has 4 heteroatoms. The Labute approximate surface area is 119 Å². The summed E-state index contributed by atoms with van der Waals surface area (Å²) in [5.74, 6) is 0. The Bertz CT molecular complexity index is 636. The molecule has 0 aliphatic rings. The topological polar surface area (TPSA) is 54.4 Å². The first-order valence-electron chi connectivity index (χ1n) is 6.44. The van der Waals surface area contributed by atoms with Gasteiger partial charge < -0.3 is 5.11 Å². The first-order chi connectivity index (χ1) is 9.48. The summed E-state index contributed by atoms with van der Waals surface area (Å²) in [5, 5.41) is 9.47. The van der Waals surface area contributed by atoms with Crippen LogP contribution in [0.4, 0.5) is 0 Å². The second-order valence-corrected chi connectivity index (χ2v) is 7.08. The monoisotopic (exact) mass is 290 g/mol. The average molecular weight is 290 g/mol. The maximum atomic E-state index is 12.0. The van der Waals surface area contributed by atoms with E-state index in [1.54, 1.807) is 24.3 Å². The molecule has 106 valence electrons. The first kappa shape index (κ1) is 14.8. The quantitative estimate of drug-likeness (QED) is 0.920. The molecule has 0 heterocycles. The molecule has 0 saturated carbocycles. The van der Waals surface area contributed by atoms with Gasteiger partial charge >= 0.3 is 0 Å². The molecule has 0 aliphatic carbocycles. The summed E-state index contributed by atoms with van der Waals surface area (Å²) in [6, 6.07) is 18.3. The van der Waals surface area contributed by atoms with Gasteiger partial charge in [-0.1, -0.05) is 60.7 Å². The Morgan fingerprint density at radius 3 is 1.95 bits per heavy atom. The zero-order valence-corrected chi connectivity index (χ0v) is 12.1. The molecule has 2 aromatic carbocycles. The van der Waals surface area contributed by atoms with E-state index in [2.05, 4.69) is 0 Å². The number of aliphatic hydroxyl groups excluding tert-OH is 1. The van der Waals surface area contributed by atoms with E-state index < -0.39 is 21.2 Å². The Morgan fingerprint density at radius 1 is 0.950 bits per heavy atom. The molecule has 1 N–H and O–H groups in total. The summed E-state index contributed by atoms with van der Waals surface area (Å²) in [7, 11) is -3.39. The van der Waals surface area contributed by atoms with Gasteiger partial charge in [0, 0.05) is 6.26 Å². The maximum absolute atomic E-state index is 12.0. The van der Waals surface area contributed by atoms with Crippen LogP contribution in [0.3, 0.4) is 0 Å². The molecule has 0 aliphatic heterocycles. The van der Waals surface area contributed by atoms with Crippen LogP contribution in [0.15, 0.2) is 60.7 Å². The lowest BCUT2D eigenvalue weighted by atomic mass is 10.0.